The van der Waals surface area contributed by atoms with Crippen LogP contribution in [0.5, 0.6) is 11.5 Å². The monoisotopic (exact) mass is 466 g/mol. The normalized spacial score (nSPS) is 15.3. The molecule has 1 aliphatic rings. The van der Waals surface area contributed by atoms with E-state index in [0.717, 1.165) is 31.4 Å². The Morgan fingerprint density at radius 1 is 1.03 bits per heavy atom. The first kappa shape index (κ1) is 23.4. The van der Waals surface area contributed by atoms with Crippen LogP contribution in [0.2, 0.25) is 0 Å². The van der Waals surface area contributed by atoms with Crippen LogP contribution in [0.25, 0.3) is 0 Å². The molecule has 0 spiro atoms. The first-order chi connectivity index (χ1) is 14.9. The fourth-order valence-corrected chi connectivity index (χ4v) is 5.71. The predicted octanol–water partition coefficient (Wildman–Crippen LogP) is 4.34. The van der Waals surface area contributed by atoms with Gasteiger partial charge in [0, 0.05) is 24.9 Å². The van der Waals surface area contributed by atoms with E-state index in [1.54, 1.807) is 31.4 Å². The van der Waals surface area contributed by atoms with Gasteiger partial charge in [-0.05, 0) is 49.2 Å². The Bertz CT molecular complexity index is 987. The Balaban J connectivity index is 1.66. The Kier molecular flexibility index (Phi) is 8.16. The van der Waals surface area contributed by atoms with E-state index in [-0.39, 0.29) is 10.6 Å². The van der Waals surface area contributed by atoms with Gasteiger partial charge in [-0.2, -0.15) is 4.31 Å². The second-order valence-electron chi connectivity index (χ2n) is 7.08. The SMILES string of the molecule is COc1ccc(OCCSc2ccc(S(=O)(=O)N3CCCCCC3)cc2[N+](=O)[O-])cc1. The van der Waals surface area contributed by atoms with Crippen LogP contribution in [-0.4, -0.2) is 50.2 Å². The molecule has 0 N–H and O–H groups in total. The van der Waals surface area contributed by atoms with Gasteiger partial charge in [0.05, 0.1) is 28.4 Å². The molecule has 31 heavy (non-hydrogen) atoms. The molecule has 1 heterocycles. The van der Waals surface area contributed by atoms with Gasteiger partial charge in [0.1, 0.15) is 11.5 Å². The minimum atomic E-state index is -3.74. The lowest BCUT2D eigenvalue weighted by molar-refractivity contribution is -0.388. The molecule has 168 valence electrons. The summed E-state index contributed by atoms with van der Waals surface area (Å²) in [5.74, 6) is 1.88. The molecule has 0 amide bonds. The number of hydrogen-bond donors (Lipinski definition) is 0. The summed E-state index contributed by atoms with van der Waals surface area (Å²) in [5, 5.41) is 11.6. The zero-order valence-corrected chi connectivity index (χ0v) is 19.0. The van der Waals surface area contributed by atoms with Crippen molar-refractivity contribution in [1.29, 1.82) is 0 Å². The molecule has 0 bridgehead atoms. The molecule has 1 aliphatic heterocycles. The van der Waals surface area contributed by atoms with E-state index in [4.69, 9.17) is 9.47 Å². The number of ether oxygens (including phenoxy) is 2. The number of methoxy groups -OCH3 is 1. The smallest absolute Gasteiger partial charge is 0.284 e. The molecular weight excluding hydrogens is 440 g/mol. The lowest BCUT2D eigenvalue weighted by Gasteiger charge is -2.20. The second-order valence-corrected chi connectivity index (χ2v) is 10.2. The van der Waals surface area contributed by atoms with E-state index in [1.165, 1.54) is 34.3 Å². The zero-order chi connectivity index (χ0) is 22.3. The van der Waals surface area contributed by atoms with Crippen LogP contribution in [0, 0.1) is 10.1 Å². The topological polar surface area (TPSA) is 99.0 Å². The Morgan fingerprint density at radius 2 is 1.68 bits per heavy atom. The minimum Gasteiger partial charge on any atom is -0.497 e. The highest BCUT2D eigenvalue weighted by Crippen LogP contribution is 2.33. The van der Waals surface area contributed by atoms with Gasteiger partial charge in [-0.1, -0.05) is 12.8 Å². The molecule has 10 heteroatoms. The van der Waals surface area contributed by atoms with E-state index in [1.807, 2.05) is 0 Å². The van der Waals surface area contributed by atoms with Gasteiger partial charge in [-0.3, -0.25) is 10.1 Å². The van der Waals surface area contributed by atoms with E-state index < -0.39 is 14.9 Å². The molecule has 2 aromatic carbocycles. The van der Waals surface area contributed by atoms with Crippen molar-refractivity contribution in [3.05, 3.63) is 52.6 Å². The zero-order valence-electron chi connectivity index (χ0n) is 17.4. The highest BCUT2D eigenvalue weighted by molar-refractivity contribution is 7.99. The van der Waals surface area contributed by atoms with Gasteiger partial charge in [0.2, 0.25) is 10.0 Å². The van der Waals surface area contributed by atoms with E-state index in [0.29, 0.717) is 36.1 Å². The van der Waals surface area contributed by atoms with Crippen LogP contribution < -0.4 is 9.47 Å². The molecule has 0 atom stereocenters. The summed E-state index contributed by atoms with van der Waals surface area (Å²) >= 11 is 1.26. The van der Waals surface area contributed by atoms with Crippen LogP contribution in [0.15, 0.2) is 52.3 Å². The number of rotatable bonds is 9. The number of nitrogens with zero attached hydrogens (tertiary/aromatic N) is 2. The maximum Gasteiger partial charge on any atom is 0.284 e. The highest BCUT2D eigenvalue weighted by Gasteiger charge is 2.28. The lowest BCUT2D eigenvalue weighted by atomic mass is 10.2. The van der Waals surface area contributed by atoms with E-state index in [9.17, 15) is 18.5 Å². The molecule has 1 saturated heterocycles. The molecule has 0 aromatic heterocycles. The Hall–Kier alpha value is -2.30. The molecule has 0 saturated carbocycles. The van der Waals surface area contributed by atoms with Crippen LogP contribution >= 0.6 is 11.8 Å². The molecule has 0 radical (unpaired) electrons. The van der Waals surface area contributed by atoms with Crippen molar-refractivity contribution in [2.75, 3.05) is 32.6 Å². The van der Waals surface area contributed by atoms with Crippen molar-refractivity contribution in [2.24, 2.45) is 0 Å². The summed E-state index contributed by atoms with van der Waals surface area (Å²) in [5.41, 5.74) is -0.203. The van der Waals surface area contributed by atoms with Crippen LogP contribution in [0.4, 0.5) is 5.69 Å². The van der Waals surface area contributed by atoms with Crippen molar-refractivity contribution >= 4 is 27.5 Å². The number of hydrogen-bond acceptors (Lipinski definition) is 7. The van der Waals surface area contributed by atoms with Crippen LogP contribution in [0.3, 0.4) is 0 Å². The summed E-state index contributed by atoms with van der Waals surface area (Å²) in [6, 6.07) is 11.3. The maximum absolute atomic E-state index is 13.0. The average Bonchev–Trinajstić information content (AvgIpc) is 3.07. The first-order valence-electron chi connectivity index (χ1n) is 10.1. The summed E-state index contributed by atoms with van der Waals surface area (Å²) in [4.78, 5) is 11.4. The van der Waals surface area contributed by atoms with E-state index >= 15 is 0 Å². The van der Waals surface area contributed by atoms with Gasteiger partial charge in [0.15, 0.2) is 0 Å². The molecule has 1 fully saturated rings. The minimum absolute atomic E-state index is 0.0278. The molecule has 0 unspecified atom stereocenters. The van der Waals surface area contributed by atoms with Gasteiger partial charge < -0.3 is 9.47 Å². The van der Waals surface area contributed by atoms with Crippen molar-refractivity contribution in [3.63, 3.8) is 0 Å². The summed E-state index contributed by atoms with van der Waals surface area (Å²) in [7, 11) is -2.15. The van der Waals surface area contributed by atoms with Crippen molar-refractivity contribution in [3.8, 4) is 11.5 Å². The lowest BCUT2D eigenvalue weighted by Crippen LogP contribution is -2.31. The number of sulfonamides is 1. The van der Waals surface area contributed by atoms with Crippen LogP contribution in [0.1, 0.15) is 25.7 Å². The second kappa shape index (κ2) is 10.8. The van der Waals surface area contributed by atoms with Crippen molar-refractivity contribution in [2.45, 2.75) is 35.5 Å². The Labute approximate surface area is 186 Å². The Morgan fingerprint density at radius 3 is 2.29 bits per heavy atom. The van der Waals surface area contributed by atoms with Gasteiger partial charge in [0.25, 0.3) is 5.69 Å². The fraction of sp³-hybridized carbons (Fsp3) is 0.429. The van der Waals surface area contributed by atoms with Crippen molar-refractivity contribution < 1.29 is 22.8 Å². The van der Waals surface area contributed by atoms with Gasteiger partial charge in [-0.25, -0.2) is 8.42 Å². The third-order valence-electron chi connectivity index (χ3n) is 5.00. The number of nitro benzene ring substituents is 1. The summed E-state index contributed by atoms with van der Waals surface area (Å²) < 4.78 is 38.1. The van der Waals surface area contributed by atoms with Gasteiger partial charge >= 0.3 is 0 Å². The first-order valence-corrected chi connectivity index (χ1v) is 12.5. The quantitative estimate of drug-likeness (QED) is 0.235. The molecule has 0 aliphatic carbocycles. The predicted molar refractivity (Wildman–Crippen MR) is 120 cm³/mol. The number of benzene rings is 2. The van der Waals surface area contributed by atoms with Gasteiger partial charge in [-0.15, -0.1) is 11.8 Å². The average molecular weight is 467 g/mol. The summed E-state index contributed by atoms with van der Waals surface area (Å²) in [6.07, 6.45) is 3.62. The molecule has 3 rings (SSSR count). The number of nitro groups is 1. The van der Waals surface area contributed by atoms with Crippen molar-refractivity contribution in [1.82, 2.24) is 4.31 Å². The maximum atomic E-state index is 13.0. The van der Waals surface area contributed by atoms with E-state index in [2.05, 4.69) is 0 Å². The van der Waals surface area contributed by atoms with Crippen LogP contribution in [-0.2, 0) is 10.0 Å². The largest absolute Gasteiger partial charge is 0.497 e. The third kappa shape index (κ3) is 6.11. The molecule has 8 nitrogen and oxygen atoms in total. The molecular formula is C21H26N2O6S2. The third-order valence-corrected chi connectivity index (χ3v) is 7.92. The fourth-order valence-electron chi connectivity index (χ4n) is 3.34. The standard InChI is InChI=1S/C21H26N2O6S2/c1-28-17-6-8-18(9-7-17)29-14-15-30-21-11-10-19(16-20(21)23(24)25)31(26,27)22-12-4-2-3-5-13-22/h6-11,16H,2-5,12-15H2,1H3. The molecule has 2 aromatic rings. The number of thioether (sulfide) groups is 1. The highest BCUT2D eigenvalue weighted by atomic mass is 32.2. The summed E-state index contributed by atoms with van der Waals surface area (Å²) in [6.45, 7) is 1.26.